The summed E-state index contributed by atoms with van der Waals surface area (Å²) in [7, 11) is 0. The molecule has 1 aromatic carbocycles. The minimum atomic E-state index is -0.0424. The van der Waals surface area contributed by atoms with E-state index < -0.39 is 0 Å². The first kappa shape index (κ1) is 16.3. The van der Waals surface area contributed by atoms with Crippen LogP contribution in [0.4, 0.5) is 0 Å². The molecule has 2 aromatic rings. The van der Waals surface area contributed by atoms with Gasteiger partial charge < -0.3 is 10.2 Å². The molecule has 2 N–H and O–H groups in total. The number of rotatable bonds is 3. The molecule has 0 saturated carbocycles. The van der Waals surface area contributed by atoms with Crippen LogP contribution in [0.25, 0.3) is 11.1 Å². The lowest BCUT2D eigenvalue weighted by Crippen LogP contribution is -2.17. The summed E-state index contributed by atoms with van der Waals surface area (Å²) in [6, 6.07) is 7.16. The van der Waals surface area contributed by atoms with Crippen LogP contribution in [-0.4, -0.2) is 15.2 Å². The van der Waals surface area contributed by atoms with Gasteiger partial charge in [0.2, 0.25) is 0 Å². The van der Waals surface area contributed by atoms with Crippen molar-refractivity contribution < 1.29 is 10.2 Å². The summed E-state index contributed by atoms with van der Waals surface area (Å²) in [6.07, 6.45) is 7.59. The average Bonchev–Trinajstić information content (AvgIpc) is 2.55. The van der Waals surface area contributed by atoms with Crippen LogP contribution < -0.4 is 0 Å². The maximum absolute atomic E-state index is 10.6. The van der Waals surface area contributed by atoms with Crippen molar-refractivity contribution in [3.05, 3.63) is 66.0 Å². The molecule has 124 valence electrons. The van der Waals surface area contributed by atoms with Gasteiger partial charge >= 0.3 is 0 Å². The lowest BCUT2D eigenvalue weighted by Gasteiger charge is -2.31. The topological polar surface area (TPSA) is 53.4 Å². The van der Waals surface area contributed by atoms with E-state index in [9.17, 15) is 10.2 Å². The smallest absolute Gasteiger partial charge is 0.123 e. The van der Waals surface area contributed by atoms with Gasteiger partial charge in [0.1, 0.15) is 11.5 Å². The molecule has 0 saturated heterocycles. The van der Waals surface area contributed by atoms with E-state index in [-0.39, 0.29) is 23.3 Å². The monoisotopic (exact) mass is 321 g/mol. The summed E-state index contributed by atoms with van der Waals surface area (Å²) >= 11 is 0. The maximum Gasteiger partial charge on any atom is 0.123 e. The minimum Gasteiger partial charge on any atom is -0.507 e. The number of pyridine rings is 1. The van der Waals surface area contributed by atoms with Crippen LogP contribution in [0.15, 0.2) is 60.5 Å². The van der Waals surface area contributed by atoms with E-state index in [4.69, 9.17) is 0 Å². The van der Waals surface area contributed by atoms with Crippen LogP contribution in [0.1, 0.15) is 38.2 Å². The molecule has 24 heavy (non-hydrogen) atoms. The predicted molar refractivity (Wildman–Crippen MR) is 97.0 cm³/mol. The van der Waals surface area contributed by atoms with Crippen LogP contribution >= 0.6 is 0 Å². The van der Waals surface area contributed by atoms with Gasteiger partial charge in [-0.05, 0) is 56.4 Å². The summed E-state index contributed by atoms with van der Waals surface area (Å²) in [6.45, 7) is 8.22. The minimum absolute atomic E-state index is 0.0424. The van der Waals surface area contributed by atoms with Gasteiger partial charge in [0.25, 0.3) is 0 Å². The second kappa shape index (κ2) is 6.52. The molecule has 0 spiro atoms. The van der Waals surface area contributed by atoms with E-state index in [2.05, 4.69) is 24.6 Å². The Hall–Kier alpha value is -2.55. The Kier molecular flexibility index (Phi) is 4.43. The van der Waals surface area contributed by atoms with E-state index in [1.807, 2.05) is 19.1 Å². The van der Waals surface area contributed by atoms with Crippen molar-refractivity contribution in [3.63, 3.8) is 0 Å². The van der Waals surface area contributed by atoms with Crippen LogP contribution in [0, 0.1) is 5.92 Å². The molecular formula is C21H23NO2. The highest BCUT2D eigenvalue weighted by Crippen LogP contribution is 2.47. The summed E-state index contributed by atoms with van der Waals surface area (Å²) in [5, 5.41) is 21.3. The van der Waals surface area contributed by atoms with Crippen LogP contribution in [-0.2, 0) is 0 Å². The molecule has 1 aliphatic rings. The van der Waals surface area contributed by atoms with Crippen molar-refractivity contribution in [3.8, 4) is 22.6 Å². The lowest BCUT2D eigenvalue weighted by molar-refractivity contribution is 0.407. The average molecular weight is 321 g/mol. The number of allylic oxidation sites excluding steroid dienone is 3. The number of aromatic nitrogens is 1. The highest BCUT2D eigenvalue weighted by molar-refractivity contribution is 5.69. The number of benzene rings is 1. The first-order valence-electron chi connectivity index (χ1n) is 8.26. The molecule has 0 fully saturated rings. The van der Waals surface area contributed by atoms with Gasteiger partial charge in [0, 0.05) is 29.4 Å². The SMILES string of the molecule is C=C(C)[C@@H]1CCC(C)=C[C@H]1c1c(O)cc(-c2cccnc2)cc1O. The van der Waals surface area contributed by atoms with Crippen LogP contribution in [0.2, 0.25) is 0 Å². The number of hydrogen-bond donors (Lipinski definition) is 2. The molecule has 3 rings (SSSR count). The van der Waals surface area contributed by atoms with Gasteiger partial charge in [-0.1, -0.05) is 29.9 Å². The third kappa shape index (κ3) is 3.07. The van der Waals surface area contributed by atoms with E-state index in [0.29, 0.717) is 5.56 Å². The lowest BCUT2D eigenvalue weighted by atomic mass is 9.73. The number of nitrogens with zero attached hydrogens (tertiary/aromatic N) is 1. The highest BCUT2D eigenvalue weighted by Gasteiger charge is 2.30. The van der Waals surface area contributed by atoms with Crippen molar-refractivity contribution in [2.45, 2.75) is 32.6 Å². The third-order valence-electron chi connectivity index (χ3n) is 4.84. The number of hydrogen-bond acceptors (Lipinski definition) is 3. The summed E-state index contributed by atoms with van der Waals surface area (Å²) < 4.78 is 0. The van der Waals surface area contributed by atoms with E-state index >= 15 is 0 Å². The molecule has 0 unspecified atom stereocenters. The first-order valence-corrected chi connectivity index (χ1v) is 8.26. The van der Waals surface area contributed by atoms with Crippen LogP contribution in [0.3, 0.4) is 0 Å². The second-order valence-corrected chi connectivity index (χ2v) is 6.70. The number of phenols is 2. The third-order valence-corrected chi connectivity index (χ3v) is 4.84. The molecule has 0 aliphatic heterocycles. The Morgan fingerprint density at radius 3 is 2.50 bits per heavy atom. The Morgan fingerprint density at radius 1 is 1.21 bits per heavy atom. The van der Waals surface area contributed by atoms with Gasteiger partial charge in [-0.25, -0.2) is 0 Å². The van der Waals surface area contributed by atoms with Gasteiger partial charge in [-0.3, -0.25) is 4.98 Å². The normalized spacial score (nSPS) is 20.5. The predicted octanol–water partition coefficient (Wildman–Crippen LogP) is 5.18. The maximum atomic E-state index is 10.6. The molecule has 0 bridgehead atoms. The van der Waals surface area contributed by atoms with Crippen molar-refractivity contribution in [1.29, 1.82) is 0 Å². The fourth-order valence-electron chi connectivity index (χ4n) is 3.57. The van der Waals surface area contributed by atoms with Crippen molar-refractivity contribution >= 4 is 0 Å². The first-order chi connectivity index (χ1) is 11.5. The molecule has 3 heteroatoms. The fraction of sp³-hybridized carbons (Fsp3) is 0.286. The molecule has 1 aromatic heterocycles. The zero-order valence-corrected chi connectivity index (χ0v) is 14.2. The molecule has 2 atom stereocenters. The molecule has 3 nitrogen and oxygen atoms in total. The van der Waals surface area contributed by atoms with Gasteiger partial charge in [-0.15, -0.1) is 0 Å². The summed E-state index contributed by atoms with van der Waals surface area (Å²) in [5.74, 6) is 0.432. The van der Waals surface area contributed by atoms with Crippen LogP contribution in [0.5, 0.6) is 11.5 Å². The molecule has 1 aliphatic carbocycles. The highest BCUT2D eigenvalue weighted by atomic mass is 16.3. The standard InChI is InChI=1S/C21H23NO2/c1-13(2)17-7-6-14(3)9-18(17)21-19(23)10-16(11-20(21)24)15-5-4-8-22-12-15/h4-5,8-12,17-18,23-24H,1,6-7H2,2-3H3/t17-,18+/m0/s1. The quantitative estimate of drug-likeness (QED) is 0.766. The molecule has 0 amide bonds. The number of phenolic OH excluding ortho intramolecular Hbond substituents is 2. The van der Waals surface area contributed by atoms with Crippen molar-refractivity contribution in [2.75, 3.05) is 0 Å². The zero-order chi connectivity index (χ0) is 17.3. The largest absolute Gasteiger partial charge is 0.507 e. The summed E-state index contributed by atoms with van der Waals surface area (Å²) in [5.41, 5.74) is 4.58. The van der Waals surface area contributed by atoms with E-state index in [0.717, 1.165) is 29.5 Å². The second-order valence-electron chi connectivity index (χ2n) is 6.70. The van der Waals surface area contributed by atoms with Gasteiger partial charge in [0.05, 0.1) is 0 Å². The molecular weight excluding hydrogens is 298 g/mol. The molecule has 0 radical (unpaired) electrons. The van der Waals surface area contributed by atoms with Gasteiger partial charge in [0.15, 0.2) is 0 Å². The zero-order valence-electron chi connectivity index (χ0n) is 14.2. The summed E-state index contributed by atoms with van der Waals surface area (Å²) in [4.78, 5) is 4.09. The van der Waals surface area contributed by atoms with E-state index in [1.165, 1.54) is 5.57 Å². The Labute approximate surface area is 143 Å². The Balaban J connectivity index is 2.08. The Morgan fingerprint density at radius 2 is 1.92 bits per heavy atom. The number of aromatic hydroxyl groups is 2. The van der Waals surface area contributed by atoms with Crippen molar-refractivity contribution in [2.24, 2.45) is 5.92 Å². The van der Waals surface area contributed by atoms with Gasteiger partial charge in [-0.2, -0.15) is 0 Å². The van der Waals surface area contributed by atoms with Crippen molar-refractivity contribution in [1.82, 2.24) is 4.98 Å². The Bertz CT molecular complexity index is 770. The molecule has 1 heterocycles. The fourth-order valence-corrected chi connectivity index (χ4v) is 3.57. The van der Waals surface area contributed by atoms with E-state index in [1.54, 1.807) is 24.5 Å².